The number of para-hydroxylation sites is 1. The first kappa shape index (κ1) is 13.3. The van der Waals surface area contributed by atoms with E-state index >= 15 is 0 Å². The third-order valence-electron chi connectivity index (χ3n) is 3.42. The van der Waals surface area contributed by atoms with Crippen molar-refractivity contribution in [3.63, 3.8) is 0 Å². The molecule has 1 heterocycles. The number of furan rings is 1. The van der Waals surface area contributed by atoms with Gasteiger partial charge in [0, 0.05) is 22.8 Å². The van der Waals surface area contributed by atoms with Crippen LogP contribution in [0.25, 0.3) is 21.9 Å². The smallest absolute Gasteiger partial charge is 0.320 e. The Labute approximate surface area is 120 Å². The molecule has 0 aliphatic rings. The summed E-state index contributed by atoms with van der Waals surface area (Å²) in [6, 6.07) is 11.4. The number of carbonyl (C=O) groups is 2. The highest BCUT2D eigenvalue weighted by molar-refractivity contribution is 6.08. The molecule has 3 N–H and O–H groups in total. The van der Waals surface area contributed by atoms with Gasteiger partial charge in [-0.15, -0.1) is 0 Å². The molecule has 106 valence electrons. The van der Waals surface area contributed by atoms with Gasteiger partial charge in [0.05, 0.1) is 0 Å². The van der Waals surface area contributed by atoms with Crippen LogP contribution in [0.3, 0.4) is 0 Å². The molecule has 2 aromatic carbocycles. The molecule has 1 atom stereocenters. The van der Waals surface area contributed by atoms with Crippen LogP contribution < -0.4 is 5.73 Å². The molecule has 0 aliphatic carbocycles. The van der Waals surface area contributed by atoms with Crippen molar-refractivity contribution >= 4 is 33.7 Å². The van der Waals surface area contributed by atoms with E-state index in [1.54, 1.807) is 18.2 Å². The van der Waals surface area contributed by atoms with Crippen LogP contribution in [0, 0.1) is 0 Å². The van der Waals surface area contributed by atoms with Crippen molar-refractivity contribution < 1.29 is 19.1 Å². The Morgan fingerprint density at radius 1 is 1.10 bits per heavy atom. The lowest BCUT2D eigenvalue weighted by atomic mass is 10.0. The molecule has 1 unspecified atom stereocenters. The lowest BCUT2D eigenvalue weighted by molar-refractivity contribution is -0.138. The summed E-state index contributed by atoms with van der Waals surface area (Å²) in [6.45, 7) is 0. The molecule has 1 aromatic heterocycles. The molecule has 0 aliphatic heterocycles. The fourth-order valence-corrected chi connectivity index (χ4v) is 2.30. The Kier molecular flexibility index (Phi) is 3.19. The van der Waals surface area contributed by atoms with E-state index in [4.69, 9.17) is 15.3 Å². The number of carboxylic acids is 1. The second-order valence-corrected chi connectivity index (χ2v) is 4.88. The SMILES string of the molecule is NC(CC(=O)c1ccc2oc3ccccc3c2c1)C(=O)O. The zero-order chi connectivity index (χ0) is 15.0. The summed E-state index contributed by atoms with van der Waals surface area (Å²) in [7, 11) is 0. The molecular formula is C16H13NO4. The third kappa shape index (κ3) is 2.39. The van der Waals surface area contributed by atoms with Gasteiger partial charge in [0.25, 0.3) is 0 Å². The van der Waals surface area contributed by atoms with Crippen molar-refractivity contribution in [3.8, 4) is 0 Å². The first-order valence-electron chi connectivity index (χ1n) is 6.49. The maximum Gasteiger partial charge on any atom is 0.320 e. The van der Waals surface area contributed by atoms with Crippen LogP contribution in [0.5, 0.6) is 0 Å². The van der Waals surface area contributed by atoms with Crippen LogP contribution in [-0.4, -0.2) is 22.9 Å². The van der Waals surface area contributed by atoms with Crippen LogP contribution in [0.4, 0.5) is 0 Å². The molecule has 0 bridgehead atoms. The van der Waals surface area contributed by atoms with Gasteiger partial charge in [-0.1, -0.05) is 18.2 Å². The van der Waals surface area contributed by atoms with Gasteiger partial charge in [-0.3, -0.25) is 9.59 Å². The summed E-state index contributed by atoms with van der Waals surface area (Å²) in [5.41, 5.74) is 7.27. The lowest BCUT2D eigenvalue weighted by Crippen LogP contribution is -2.32. The highest BCUT2D eigenvalue weighted by atomic mass is 16.4. The molecule has 0 radical (unpaired) electrons. The standard InChI is InChI=1S/C16H13NO4/c17-12(16(19)20)8-13(18)9-5-6-15-11(7-9)10-3-1-2-4-14(10)21-15/h1-7,12H,8,17H2,(H,19,20). The summed E-state index contributed by atoms with van der Waals surface area (Å²) in [4.78, 5) is 22.8. The minimum atomic E-state index is -1.19. The number of fused-ring (bicyclic) bond motifs is 3. The monoisotopic (exact) mass is 283 g/mol. The Balaban J connectivity index is 2.02. The minimum absolute atomic E-state index is 0.226. The van der Waals surface area contributed by atoms with Crippen LogP contribution in [-0.2, 0) is 4.79 Å². The fourth-order valence-electron chi connectivity index (χ4n) is 2.30. The molecule has 0 saturated heterocycles. The van der Waals surface area contributed by atoms with E-state index in [0.717, 1.165) is 16.4 Å². The number of aliphatic carboxylic acids is 1. The third-order valence-corrected chi connectivity index (χ3v) is 3.42. The number of rotatable bonds is 4. The average Bonchev–Trinajstić information content (AvgIpc) is 2.84. The summed E-state index contributed by atoms with van der Waals surface area (Å²) >= 11 is 0. The molecule has 21 heavy (non-hydrogen) atoms. The predicted octanol–water partition coefficient (Wildman–Crippen LogP) is 2.57. The first-order chi connectivity index (χ1) is 10.1. The molecule has 5 heteroatoms. The van der Waals surface area contributed by atoms with Gasteiger partial charge in [-0.05, 0) is 24.3 Å². The van der Waals surface area contributed by atoms with Crippen LogP contribution in [0.15, 0.2) is 46.9 Å². The maximum absolute atomic E-state index is 12.1. The van der Waals surface area contributed by atoms with Crippen molar-refractivity contribution in [1.82, 2.24) is 0 Å². The van der Waals surface area contributed by atoms with Crippen molar-refractivity contribution in [2.45, 2.75) is 12.5 Å². The van der Waals surface area contributed by atoms with E-state index in [0.29, 0.717) is 11.1 Å². The van der Waals surface area contributed by atoms with Gasteiger partial charge in [-0.2, -0.15) is 0 Å². The Hall–Kier alpha value is -2.66. The average molecular weight is 283 g/mol. The second kappa shape index (κ2) is 5.03. The van der Waals surface area contributed by atoms with Crippen molar-refractivity contribution in [3.05, 3.63) is 48.0 Å². The van der Waals surface area contributed by atoms with Gasteiger partial charge in [0.15, 0.2) is 5.78 Å². The lowest BCUT2D eigenvalue weighted by Gasteiger charge is -2.05. The Bertz CT molecular complexity index is 850. The zero-order valence-electron chi connectivity index (χ0n) is 11.1. The number of Topliss-reactive ketones (excluding diaryl/α,β-unsaturated/α-hetero) is 1. The Morgan fingerprint density at radius 3 is 2.57 bits per heavy atom. The van der Waals surface area contributed by atoms with E-state index in [2.05, 4.69) is 0 Å². The predicted molar refractivity (Wildman–Crippen MR) is 78.3 cm³/mol. The number of ketones is 1. The molecule has 5 nitrogen and oxygen atoms in total. The quantitative estimate of drug-likeness (QED) is 0.718. The molecule has 3 aromatic rings. The van der Waals surface area contributed by atoms with E-state index in [-0.39, 0.29) is 12.2 Å². The first-order valence-corrected chi connectivity index (χ1v) is 6.49. The zero-order valence-corrected chi connectivity index (χ0v) is 11.1. The Morgan fingerprint density at radius 2 is 1.81 bits per heavy atom. The van der Waals surface area contributed by atoms with Crippen molar-refractivity contribution in [2.24, 2.45) is 5.73 Å². The highest BCUT2D eigenvalue weighted by Crippen LogP contribution is 2.29. The van der Waals surface area contributed by atoms with Gasteiger partial charge >= 0.3 is 5.97 Å². The normalized spacial score (nSPS) is 12.6. The van der Waals surface area contributed by atoms with E-state index in [1.807, 2.05) is 24.3 Å². The van der Waals surface area contributed by atoms with E-state index in [9.17, 15) is 9.59 Å². The number of benzene rings is 2. The number of nitrogens with two attached hydrogens (primary N) is 1. The summed E-state index contributed by atoms with van der Waals surface area (Å²) in [6.07, 6.45) is -0.226. The number of carboxylic acid groups (broad SMARTS) is 1. The largest absolute Gasteiger partial charge is 0.480 e. The fraction of sp³-hybridized carbons (Fsp3) is 0.125. The molecule has 0 spiro atoms. The number of hydrogen-bond donors (Lipinski definition) is 2. The van der Waals surface area contributed by atoms with Crippen LogP contribution in [0.2, 0.25) is 0 Å². The minimum Gasteiger partial charge on any atom is -0.480 e. The molecule has 0 fully saturated rings. The summed E-state index contributed by atoms with van der Waals surface area (Å²) in [5.74, 6) is -1.48. The highest BCUT2D eigenvalue weighted by Gasteiger charge is 2.18. The van der Waals surface area contributed by atoms with Crippen LogP contribution >= 0.6 is 0 Å². The van der Waals surface area contributed by atoms with Crippen molar-refractivity contribution in [1.29, 1.82) is 0 Å². The molecular weight excluding hydrogens is 270 g/mol. The van der Waals surface area contributed by atoms with Gasteiger partial charge in [-0.25, -0.2) is 0 Å². The molecule has 3 rings (SSSR count). The number of carbonyl (C=O) groups excluding carboxylic acids is 1. The van der Waals surface area contributed by atoms with Crippen molar-refractivity contribution in [2.75, 3.05) is 0 Å². The summed E-state index contributed by atoms with van der Waals surface area (Å²) < 4.78 is 5.68. The van der Waals surface area contributed by atoms with Gasteiger partial charge < -0.3 is 15.3 Å². The maximum atomic E-state index is 12.1. The second-order valence-electron chi connectivity index (χ2n) is 4.88. The summed E-state index contributed by atoms with van der Waals surface area (Å²) in [5, 5.41) is 10.5. The van der Waals surface area contributed by atoms with E-state index < -0.39 is 12.0 Å². The van der Waals surface area contributed by atoms with Crippen LogP contribution in [0.1, 0.15) is 16.8 Å². The molecule has 0 amide bonds. The number of hydrogen-bond acceptors (Lipinski definition) is 4. The van der Waals surface area contributed by atoms with Gasteiger partial charge in [0.2, 0.25) is 0 Å². The molecule has 0 saturated carbocycles. The van der Waals surface area contributed by atoms with Gasteiger partial charge in [0.1, 0.15) is 17.2 Å². The van der Waals surface area contributed by atoms with E-state index in [1.165, 1.54) is 0 Å². The topological polar surface area (TPSA) is 93.5 Å².